The molecule has 3 nitrogen and oxygen atoms in total. The SMILES string of the molecule is CCN(CC)C(C)(CC)C(N)c1cnc2ccccc2c1. The third kappa shape index (κ3) is 2.94. The molecule has 1 aromatic carbocycles. The van der Waals surface area contributed by atoms with Gasteiger partial charge in [0.1, 0.15) is 0 Å². The van der Waals surface area contributed by atoms with Crippen molar-refractivity contribution >= 4 is 10.9 Å². The predicted octanol–water partition coefficient (Wildman–Crippen LogP) is 3.75. The lowest BCUT2D eigenvalue weighted by molar-refractivity contribution is 0.0844. The van der Waals surface area contributed by atoms with Gasteiger partial charge >= 0.3 is 0 Å². The van der Waals surface area contributed by atoms with Gasteiger partial charge in [-0.15, -0.1) is 0 Å². The first-order valence-corrected chi connectivity index (χ1v) is 7.92. The van der Waals surface area contributed by atoms with Crippen molar-refractivity contribution in [2.45, 2.75) is 45.7 Å². The van der Waals surface area contributed by atoms with E-state index < -0.39 is 0 Å². The van der Waals surface area contributed by atoms with Gasteiger partial charge in [-0.2, -0.15) is 0 Å². The second kappa shape index (κ2) is 6.54. The predicted molar refractivity (Wildman–Crippen MR) is 90.3 cm³/mol. The second-order valence-electron chi connectivity index (χ2n) is 5.82. The maximum atomic E-state index is 6.65. The van der Waals surface area contributed by atoms with Gasteiger partial charge in [0.15, 0.2) is 0 Å². The molecule has 0 aliphatic heterocycles. The average molecular weight is 285 g/mol. The van der Waals surface area contributed by atoms with Crippen molar-refractivity contribution in [3.63, 3.8) is 0 Å². The number of aromatic nitrogens is 1. The number of nitrogens with zero attached hydrogens (tertiary/aromatic N) is 2. The highest BCUT2D eigenvalue weighted by Crippen LogP contribution is 2.33. The molecule has 0 spiro atoms. The number of pyridine rings is 1. The molecule has 21 heavy (non-hydrogen) atoms. The zero-order valence-electron chi connectivity index (χ0n) is 13.6. The molecule has 114 valence electrons. The van der Waals surface area contributed by atoms with Crippen LogP contribution in [-0.4, -0.2) is 28.5 Å². The van der Waals surface area contributed by atoms with Crippen LogP contribution in [0, 0.1) is 0 Å². The van der Waals surface area contributed by atoms with Gasteiger partial charge in [-0.05, 0) is 44.1 Å². The first-order chi connectivity index (χ1) is 10.1. The Morgan fingerprint density at radius 1 is 1.19 bits per heavy atom. The Balaban J connectivity index is 2.41. The number of benzene rings is 1. The first-order valence-electron chi connectivity index (χ1n) is 7.92. The lowest BCUT2D eigenvalue weighted by atomic mass is 9.83. The summed E-state index contributed by atoms with van der Waals surface area (Å²) in [6.45, 7) is 10.9. The van der Waals surface area contributed by atoms with E-state index in [1.165, 1.54) is 0 Å². The Labute approximate surface area is 128 Å². The van der Waals surface area contributed by atoms with Crippen molar-refractivity contribution in [2.75, 3.05) is 13.1 Å². The average Bonchev–Trinajstić information content (AvgIpc) is 2.54. The zero-order chi connectivity index (χ0) is 15.5. The molecule has 1 heterocycles. The topological polar surface area (TPSA) is 42.1 Å². The van der Waals surface area contributed by atoms with Crippen LogP contribution in [0.1, 0.15) is 45.7 Å². The highest BCUT2D eigenvalue weighted by atomic mass is 15.2. The molecule has 0 aliphatic rings. The summed E-state index contributed by atoms with van der Waals surface area (Å²) in [4.78, 5) is 7.01. The van der Waals surface area contributed by atoms with E-state index in [1.54, 1.807) is 0 Å². The highest BCUT2D eigenvalue weighted by molar-refractivity contribution is 5.78. The van der Waals surface area contributed by atoms with Crippen molar-refractivity contribution in [2.24, 2.45) is 5.73 Å². The van der Waals surface area contributed by atoms with E-state index >= 15 is 0 Å². The van der Waals surface area contributed by atoms with E-state index in [0.29, 0.717) is 0 Å². The van der Waals surface area contributed by atoms with Gasteiger partial charge in [0.05, 0.1) is 5.52 Å². The van der Waals surface area contributed by atoms with Crippen LogP contribution in [0.15, 0.2) is 36.5 Å². The lowest BCUT2D eigenvalue weighted by Crippen LogP contribution is -2.53. The molecule has 0 amide bonds. The molecule has 1 aromatic heterocycles. The maximum absolute atomic E-state index is 6.65. The molecule has 2 atom stereocenters. The fraction of sp³-hybridized carbons (Fsp3) is 0.500. The van der Waals surface area contributed by atoms with Gasteiger partial charge in [-0.3, -0.25) is 9.88 Å². The summed E-state index contributed by atoms with van der Waals surface area (Å²) in [7, 11) is 0. The monoisotopic (exact) mass is 285 g/mol. The molecular weight excluding hydrogens is 258 g/mol. The quantitative estimate of drug-likeness (QED) is 0.879. The number of para-hydroxylation sites is 1. The largest absolute Gasteiger partial charge is 0.322 e. The molecule has 3 heteroatoms. The van der Waals surface area contributed by atoms with Gasteiger partial charge in [-0.1, -0.05) is 39.0 Å². The minimum atomic E-state index is -0.0480. The van der Waals surface area contributed by atoms with E-state index in [9.17, 15) is 0 Å². The molecule has 0 bridgehead atoms. The maximum Gasteiger partial charge on any atom is 0.0702 e. The van der Waals surface area contributed by atoms with Crippen molar-refractivity contribution in [1.29, 1.82) is 0 Å². The van der Waals surface area contributed by atoms with Crippen LogP contribution >= 0.6 is 0 Å². The third-order valence-electron chi connectivity index (χ3n) is 4.84. The molecular formula is C18H27N3. The van der Waals surface area contributed by atoms with Crippen LogP contribution in [0.4, 0.5) is 0 Å². The van der Waals surface area contributed by atoms with Gasteiger partial charge < -0.3 is 5.73 Å². The van der Waals surface area contributed by atoms with E-state index in [2.05, 4.69) is 49.7 Å². The fourth-order valence-corrected chi connectivity index (χ4v) is 3.20. The Kier molecular flexibility index (Phi) is 4.96. The highest BCUT2D eigenvalue weighted by Gasteiger charge is 2.35. The molecule has 0 fully saturated rings. The Bertz CT molecular complexity index is 592. The number of nitrogens with two attached hydrogens (primary N) is 1. The molecule has 0 saturated heterocycles. The van der Waals surface area contributed by atoms with E-state index in [4.69, 9.17) is 5.73 Å². The van der Waals surface area contributed by atoms with E-state index in [-0.39, 0.29) is 11.6 Å². The van der Waals surface area contributed by atoms with Gasteiger partial charge in [0, 0.05) is 23.2 Å². The number of fused-ring (bicyclic) bond motifs is 1. The smallest absolute Gasteiger partial charge is 0.0702 e. The zero-order valence-corrected chi connectivity index (χ0v) is 13.6. The molecule has 0 radical (unpaired) electrons. The van der Waals surface area contributed by atoms with Crippen LogP contribution in [0.2, 0.25) is 0 Å². The van der Waals surface area contributed by atoms with E-state index in [0.717, 1.165) is 36.0 Å². The van der Waals surface area contributed by atoms with Gasteiger partial charge in [0.25, 0.3) is 0 Å². The van der Waals surface area contributed by atoms with Crippen LogP contribution in [0.3, 0.4) is 0 Å². The molecule has 2 aromatic rings. The van der Waals surface area contributed by atoms with Crippen molar-refractivity contribution in [3.8, 4) is 0 Å². The minimum Gasteiger partial charge on any atom is -0.322 e. The molecule has 2 rings (SSSR count). The molecule has 0 saturated carbocycles. The van der Waals surface area contributed by atoms with Crippen LogP contribution in [0.5, 0.6) is 0 Å². The summed E-state index contributed by atoms with van der Waals surface area (Å²) < 4.78 is 0. The summed E-state index contributed by atoms with van der Waals surface area (Å²) in [5.41, 5.74) is 8.74. The second-order valence-corrected chi connectivity index (χ2v) is 5.82. The van der Waals surface area contributed by atoms with Crippen LogP contribution < -0.4 is 5.73 Å². The number of likely N-dealkylation sites (N-methyl/N-ethyl adjacent to an activating group) is 1. The lowest BCUT2D eigenvalue weighted by Gasteiger charge is -2.44. The van der Waals surface area contributed by atoms with Crippen LogP contribution in [-0.2, 0) is 0 Å². The van der Waals surface area contributed by atoms with Crippen molar-refractivity contribution in [1.82, 2.24) is 9.88 Å². The van der Waals surface area contributed by atoms with Crippen LogP contribution in [0.25, 0.3) is 10.9 Å². The Hall–Kier alpha value is -1.45. The van der Waals surface area contributed by atoms with Crippen molar-refractivity contribution in [3.05, 3.63) is 42.1 Å². The molecule has 0 aliphatic carbocycles. The minimum absolute atomic E-state index is 0.0421. The molecule has 2 unspecified atom stereocenters. The van der Waals surface area contributed by atoms with E-state index in [1.807, 2.05) is 24.4 Å². The van der Waals surface area contributed by atoms with Gasteiger partial charge in [-0.25, -0.2) is 0 Å². The number of rotatable bonds is 6. The van der Waals surface area contributed by atoms with Gasteiger partial charge in [0.2, 0.25) is 0 Å². The summed E-state index contributed by atoms with van der Waals surface area (Å²) in [6.07, 6.45) is 2.95. The normalized spacial score (nSPS) is 16.1. The standard InChI is InChI=1S/C18H27N3/c1-5-18(4,21(6-2)7-3)17(19)15-12-14-10-8-9-11-16(14)20-13-15/h8-13,17H,5-7,19H2,1-4H3. The Morgan fingerprint density at radius 2 is 1.86 bits per heavy atom. The fourth-order valence-electron chi connectivity index (χ4n) is 3.20. The summed E-state index contributed by atoms with van der Waals surface area (Å²) in [5.74, 6) is 0. The molecule has 2 N–H and O–H groups in total. The summed E-state index contributed by atoms with van der Waals surface area (Å²) >= 11 is 0. The third-order valence-corrected chi connectivity index (χ3v) is 4.84. The Morgan fingerprint density at radius 3 is 2.48 bits per heavy atom. The summed E-state index contributed by atoms with van der Waals surface area (Å²) in [5, 5.41) is 1.16. The first kappa shape index (κ1) is 15.9. The number of hydrogen-bond donors (Lipinski definition) is 1. The number of hydrogen-bond acceptors (Lipinski definition) is 3. The van der Waals surface area contributed by atoms with Crippen molar-refractivity contribution < 1.29 is 0 Å². The summed E-state index contributed by atoms with van der Waals surface area (Å²) in [6, 6.07) is 10.3.